The third kappa shape index (κ3) is 3.71. The molecule has 5 aliphatic rings. The zero-order valence-corrected chi connectivity index (χ0v) is 26.4. The maximum Gasteiger partial charge on any atom is 0.534 e. The molecule has 0 spiro atoms. The molecule has 232 valence electrons. The number of allylic oxidation sites excluding steroid dienone is 3. The van der Waals surface area contributed by atoms with Crippen molar-refractivity contribution in [1.29, 1.82) is 0 Å². The van der Waals surface area contributed by atoms with Crippen LogP contribution in [0, 0.1) is 56.2 Å². The Morgan fingerprint density at radius 3 is 2.10 bits per heavy atom. The van der Waals surface area contributed by atoms with Gasteiger partial charge in [0.05, 0.1) is 5.41 Å². The molecular weight excluding hydrogens is 553 g/mol. The summed E-state index contributed by atoms with van der Waals surface area (Å²) >= 11 is 0. The van der Waals surface area contributed by atoms with Crippen molar-refractivity contribution in [3.63, 3.8) is 0 Å². The summed E-state index contributed by atoms with van der Waals surface area (Å²) in [7, 11) is -5.75. The molecule has 0 bridgehead atoms. The van der Waals surface area contributed by atoms with Gasteiger partial charge in [0, 0.05) is 5.41 Å². The monoisotopic (exact) mass is 600 g/mol. The molecule has 9 atom stereocenters. The van der Waals surface area contributed by atoms with E-state index in [1.165, 1.54) is 0 Å². The second-order valence-electron chi connectivity index (χ2n) is 15.8. The normalized spacial score (nSPS) is 47.2. The Hall–Kier alpha value is -1.51. The average molecular weight is 601 g/mol. The molecule has 4 saturated carbocycles. The smallest absolute Gasteiger partial charge is 0.481 e. The quantitative estimate of drug-likeness (QED) is 0.199. The van der Waals surface area contributed by atoms with Crippen LogP contribution in [-0.4, -0.2) is 25.0 Å². The van der Waals surface area contributed by atoms with Crippen molar-refractivity contribution in [2.45, 2.75) is 112 Å². The summed E-state index contributed by atoms with van der Waals surface area (Å²) in [5.41, 5.74) is -6.74. The van der Waals surface area contributed by atoms with Crippen molar-refractivity contribution in [1.82, 2.24) is 0 Å². The van der Waals surface area contributed by atoms with Gasteiger partial charge in [-0.2, -0.15) is 21.6 Å². The van der Waals surface area contributed by atoms with E-state index >= 15 is 0 Å². The molecule has 4 fully saturated rings. The van der Waals surface area contributed by atoms with Crippen LogP contribution in [-0.2, 0) is 19.1 Å². The van der Waals surface area contributed by atoms with Crippen LogP contribution in [0.1, 0.15) is 106 Å². The first-order valence-corrected chi connectivity index (χ1v) is 16.6. The Bertz CT molecular complexity index is 1300. The molecular formula is C32H47F3O5S. The summed E-state index contributed by atoms with van der Waals surface area (Å²) in [5, 5.41) is 10.6. The van der Waals surface area contributed by atoms with E-state index in [2.05, 4.69) is 34.3 Å². The van der Waals surface area contributed by atoms with Crippen LogP contribution < -0.4 is 0 Å². The molecule has 0 amide bonds. The molecule has 0 aromatic heterocycles. The van der Waals surface area contributed by atoms with Crippen molar-refractivity contribution < 1.29 is 35.7 Å². The van der Waals surface area contributed by atoms with Crippen molar-refractivity contribution in [3.05, 3.63) is 24.0 Å². The zero-order valence-electron chi connectivity index (χ0n) is 25.6. The zero-order chi connectivity index (χ0) is 30.8. The Morgan fingerprint density at radius 2 is 1.54 bits per heavy atom. The number of alkyl halides is 3. The first-order valence-electron chi connectivity index (χ1n) is 15.2. The van der Waals surface area contributed by atoms with Crippen LogP contribution >= 0.6 is 0 Å². The number of hydrogen-bond acceptors (Lipinski definition) is 4. The highest BCUT2D eigenvalue weighted by atomic mass is 32.2. The lowest BCUT2D eigenvalue weighted by atomic mass is 9.29. The molecule has 41 heavy (non-hydrogen) atoms. The largest absolute Gasteiger partial charge is 0.534 e. The highest BCUT2D eigenvalue weighted by Gasteiger charge is 2.75. The molecule has 5 rings (SSSR count). The summed E-state index contributed by atoms with van der Waals surface area (Å²) in [6.45, 7) is 19.4. The summed E-state index contributed by atoms with van der Waals surface area (Å²) in [5.74, 6) is -0.382. The minimum Gasteiger partial charge on any atom is -0.481 e. The topological polar surface area (TPSA) is 80.7 Å². The van der Waals surface area contributed by atoms with Gasteiger partial charge in [-0.05, 0) is 116 Å². The summed E-state index contributed by atoms with van der Waals surface area (Å²) in [6, 6.07) is 0. The first-order chi connectivity index (χ1) is 18.6. The van der Waals surface area contributed by atoms with Gasteiger partial charge in [-0.3, -0.25) is 4.79 Å². The van der Waals surface area contributed by atoms with Gasteiger partial charge in [0.1, 0.15) is 5.76 Å². The number of halogens is 3. The van der Waals surface area contributed by atoms with Gasteiger partial charge in [-0.15, -0.1) is 0 Å². The lowest BCUT2D eigenvalue weighted by Crippen LogP contribution is -2.69. The lowest BCUT2D eigenvalue weighted by molar-refractivity contribution is -0.265. The molecule has 0 saturated heterocycles. The molecule has 0 unspecified atom stereocenters. The Labute approximate surface area is 243 Å². The van der Waals surface area contributed by atoms with Gasteiger partial charge in [0.25, 0.3) is 0 Å². The Balaban J connectivity index is 1.56. The molecule has 0 heterocycles. The van der Waals surface area contributed by atoms with Crippen molar-refractivity contribution in [2.75, 3.05) is 0 Å². The molecule has 1 N–H and O–H groups in total. The minimum absolute atomic E-state index is 0.0160. The SMILES string of the molecule is C=C(C)[C@@H]1CC[C@]2(C(=O)O)CC[C@@]3(C)[C@]4(C)CC[C@H]5C(C)(C)C(OS(=O)(=O)C(F)(F)F)=CC[C@]5(C)[C@H]4CC[C@]3(C)[C@@H]12. The van der Waals surface area contributed by atoms with Gasteiger partial charge in [0.15, 0.2) is 0 Å². The predicted octanol–water partition coefficient (Wildman–Crippen LogP) is 8.48. The van der Waals surface area contributed by atoms with Crippen molar-refractivity contribution >= 4 is 16.1 Å². The van der Waals surface area contributed by atoms with Crippen LogP contribution in [0.4, 0.5) is 13.2 Å². The summed E-state index contributed by atoms with van der Waals surface area (Å²) in [4.78, 5) is 13.0. The number of carboxylic acids is 1. The summed E-state index contributed by atoms with van der Waals surface area (Å²) < 4.78 is 68.4. The molecule has 9 heteroatoms. The third-order valence-electron chi connectivity index (χ3n) is 14.2. The number of carbonyl (C=O) groups is 1. The molecule has 0 radical (unpaired) electrons. The van der Waals surface area contributed by atoms with E-state index in [0.29, 0.717) is 19.3 Å². The second kappa shape index (κ2) is 8.78. The van der Waals surface area contributed by atoms with E-state index in [4.69, 9.17) is 4.18 Å². The van der Waals surface area contributed by atoms with E-state index in [1.54, 1.807) is 6.08 Å². The van der Waals surface area contributed by atoms with E-state index < -0.39 is 32.4 Å². The van der Waals surface area contributed by atoms with Crippen LogP contribution in [0.25, 0.3) is 0 Å². The number of hydrogen-bond donors (Lipinski definition) is 1. The standard InChI is InChI=1S/C32H47F3O5S/c1-19(2)20-9-16-31(25(36)37)18-17-30(8)28(6)14-10-21-26(3,4)23(40-41(38,39)32(33,34)35)12-13-27(21,5)22(28)11-15-29(30,7)24(20)31/h12,20-22,24H,1,9-11,13-18H2,2-8H3,(H,36,37)/t20-,21-,22+,24+,27-,28+,29+,30-,31-/m0/s1. The fourth-order valence-corrected chi connectivity index (χ4v) is 12.6. The Kier molecular flexibility index (Phi) is 6.62. The maximum absolute atomic E-state index is 13.2. The van der Waals surface area contributed by atoms with Gasteiger partial charge < -0.3 is 9.29 Å². The van der Waals surface area contributed by atoms with Gasteiger partial charge in [0.2, 0.25) is 0 Å². The Morgan fingerprint density at radius 1 is 0.951 bits per heavy atom. The maximum atomic E-state index is 13.2. The van der Waals surface area contributed by atoms with Crippen LogP contribution in [0.3, 0.4) is 0 Å². The van der Waals surface area contributed by atoms with Gasteiger partial charge in [-0.25, -0.2) is 0 Å². The van der Waals surface area contributed by atoms with Crippen molar-refractivity contribution in [3.8, 4) is 0 Å². The molecule has 0 aromatic carbocycles. The highest BCUT2D eigenvalue weighted by Crippen LogP contribution is 2.81. The van der Waals surface area contributed by atoms with Crippen LogP contribution in [0.15, 0.2) is 24.0 Å². The molecule has 0 aliphatic heterocycles. The number of aliphatic carboxylic acids is 1. The minimum atomic E-state index is -5.75. The van der Waals surface area contributed by atoms with Crippen LogP contribution in [0.5, 0.6) is 0 Å². The molecule has 0 aromatic rings. The summed E-state index contributed by atoms with van der Waals surface area (Å²) in [6.07, 6.45) is 8.51. The molecule has 5 nitrogen and oxygen atoms in total. The fourth-order valence-electron chi connectivity index (χ4n) is 12.0. The predicted molar refractivity (Wildman–Crippen MR) is 151 cm³/mol. The number of fused-ring (bicyclic) bond motifs is 7. The van der Waals surface area contributed by atoms with E-state index in [-0.39, 0.29) is 51.1 Å². The number of rotatable bonds is 4. The van der Waals surface area contributed by atoms with Crippen LogP contribution in [0.2, 0.25) is 0 Å². The molecule has 5 aliphatic carbocycles. The fraction of sp³-hybridized carbons (Fsp3) is 0.844. The second-order valence-corrected chi connectivity index (χ2v) is 17.3. The first kappa shape index (κ1) is 30.9. The number of carboxylic acid groups (broad SMARTS) is 1. The van der Waals surface area contributed by atoms with E-state index in [9.17, 15) is 31.5 Å². The van der Waals surface area contributed by atoms with E-state index in [0.717, 1.165) is 44.1 Å². The van der Waals surface area contributed by atoms with E-state index in [1.807, 2.05) is 20.8 Å². The van der Waals surface area contributed by atoms with Gasteiger partial charge in [-0.1, -0.05) is 53.7 Å². The van der Waals surface area contributed by atoms with Gasteiger partial charge >= 0.3 is 21.6 Å². The van der Waals surface area contributed by atoms with Crippen molar-refractivity contribution in [2.24, 2.45) is 56.2 Å². The highest BCUT2D eigenvalue weighted by molar-refractivity contribution is 7.87. The third-order valence-corrected chi connectivity index (χ3v) is 15.2. The lowest BCUT2D eigenvalue weighted by Gasteiger charge is -2.75. The average Bonchev–Trinajstić information content (AvgIpc) is 3.24.